The van der Waals surface area contributed by atoms with E-state index in [1.54, 1.807) is 43.7 Å². The maximum absolute atomic E-state index is 14.0. The van der Waals surface area contributed by atoms with Crippen molar-refractivity contribution < 1.29 is 13.9 Å². The van der Waals surface area contributed by atoms with E-state index in [9.17, 15) is 9.18 Å². The molecule has 2 aromatic heterocycles. The Morgan fingerprint density at radius 1 is 1.16 bits per heavy atom. The summed E-state index contributed by atoms with van der Waals surface area (Å²) in [6.45, 7) is 2.24. The highest BCUT2D eigenvalue weighted by molar-refractivity contribution is 6.00. The molecule has 0 radical (unpaired) electrons. The van der Waals surface area contributed by atoms with Crippen LogP contribution in [0, 0.1) is 5.82 Å². The van der Waals surface area contributed by atoms with Gasteiger partial charge in [0.25, 0.3) is 5.91 Å². The molecule has 0 saturated carbocycles. The molecule has 0 saturated heterocycles. The summed E-state index contributed by atoms with van der Waals surface area (Å²) in [6.07, 6.45) is 4.16. The molecule has 0 aliphatic carbocycles. The molecule has 1 aliphatic heterocycles. The summed E-state index contributed by atoms with van der Waals surface area (Å²) < 4.78 is 20.2. The Morgan fingerprint density at radius 3 is 2.75 bits per heavy atom. The van der Waals surface area contributed by atoms with Crippen LogP contribution in [0.3, 0.4) is 0 Å². The molecule has 1 unspecified atom stereocenters. The Labute approximate surface area is 182 Å². The molecule has 1 aliphatic rings. The van der Waals surface area contributed by atoms with Crippen molar-refractivity contribution in [1.82, 2.24) is 25.3 Å². The zero-order chi connectivity index (χ0) is 22.2. The summed E-state index contributed by atoms with van der Waals surface area (Å²) >= 11 is 0. The van der Waals surface area contributed by atoms with E-state index in [4.69, 9.17) is 10.5 Å². The number of carbonyl (C=O) groups is 1. The summed E-state index contributed by atoms with van der Waals surface area (Å²) in [5.74, 6) is 0.0653. The van der Waals surface area contributed by atoms with Crippen LogP contribution in [0.4, 0.5) is 10.2 Å². The average Bonchev–Trinajstić information content (AvgIpc) is 3.46. The van der Waals surface area contributed by atoms with Gasteiger partial charge >= 0.3 is 0 Å². The number of halogens is 1. The number of fused-ring (bicyclic) bond motifs is 1. The molecule has 3 heterocycles. The first kappa shape index (κ1) is 19.7. The molecule has 4 aromatic rings. The normalized spacial score (nSPS) is 13.5. The molecular weight excluding hydrogens is 411 g/mol. The Morgan fingerprint density at radius 2 is 1.94 bits per heavy atom. The van der Waals surface area contributed by atoms with Gasteiger partial charge in [0.05, 0.1) is 18.1 Å². The number of benzene rings is 2. The van der Waals surface area contributed by atoms with Crippen molar-refractivity contribution >= 4 is 11.7 Å². The van der Waals surface area contributed by atoms with E-state index in [2.05, 4.69) is 20.5 Å². The lowest BCUT2D eigenvalue weighted by molar-refractivity contribution is 0.0965. The number of rotatable bonds is 5. The van der Waals surface area contributed by atoms with Crippen molar-refractivity contribution in [2.45, 2.75) is 19.6 Å². The van der Waals surface area contributed by atoms with Crippen LogP contribution in [-0.4, -0.2) is 25.9 Å². The van der Waals surface area contributed by atoms with Gasteiger partial charge in [-0.25, -0.2) is 9.37 Å². The number of nitrogens with zero attached hydrogens (tertiary/aromatic N) is 4. The van der Waals surface area contributed by atoms with Gasteiger partial charge < -0.3 is 15.8 Å². The first-order valence-electron chi connectivity index (χ1n) is 10.00. The van der Waals surface area contributed by atoms with E-state index in [1.807, 2.05) is 12.1 Å². The number of carbonyl (C=O) groups excluding carboxylic acids is 1. The zero-order valence-electron chi connectivity index (χ0n) is 17.1. The summed E-state index contributed by atoms with van der Waals surface area (Å²) in [4.78, 5) is 17.7. The Kier molecular flexibility index (Phi) is 4.78. The minimum absolute atomic E-state index is 0.0961. The third-order valence-corrected chi connectivity index (χ3v) is 5.40. The lowest BCUT2D eigenvalue weighted by Gasteiger charge is -2.19. The molecule has 9 heteroatoms. The number of anilines is 1. The smallest absolute Gasteiger partial charge is 0.251 e. The van der Waals surface area contributed by atoms with E-state index in [0.717, 1.165) is 16.7 Å². The number of amides is 1. The number of hydrogen-bond acceptors (Lipinski definition) is 6. The third-order valence-electron chi connectivity index (χ3n) is 5.40. The minimum Gasteiger partial charge on any atom is -0.482 e. The van der Waals surface area contributed by atoms with Crippen LogP contribution in [0.25, 0.3) is 16.8 Å². The molecular formula is C23H19FN6O2. The fraction of sp³-hybridized carbons (Fsp3) is 0.130. The van der Waals surface area contributed by atoms with Gasteiger partial charge in [0.15, 0.2) is 11.6 Å². The van der Waals surface area contributed by atoms with Crippen molar-refractivity contribution in [3.63, 3.8) is 0 Å². The maximum Gasteiger partial charge on any atom is 0.251 e. The van der Waals surface area contributed by atoms with Crippen molar-refractivity contribution in [3.05, 3.63) is 83.6 Å². The zero-order valence-corrected chi connectivity index (χ0v) is 17.1. The molecule has 1 atom stereocenters. The SMILES string of the molecule is CC(Oc1cc(-c2cccc3c2CNC3=O)cnc1N)c1cc(F)ccc1-n1nccn1. The highest BCUT2D eigenvalue weighted by Crippen LogP contribution is 2.35. The van der Waals surface area contributed by atoms with Crippen LogP contribution in [0.15, 0.2) is 61.1 Å². The van der Waals surface area contributed by atoms with Crippen LogP contribution < -0.4 is 15.8 Å². The highest BCUT2D eigenvalue weighted by Gasteiger charge is 2.23. The van der Waals surface area contributed by atoms with Gasteiger partial charge in [0.2, 0.25) is 0 Å². The molecule has 0 bridgehead atoms. The van der Waals surface area contributed by atoms with Crippen LogP contribution in [0.5, 0.6) is 5.75 Å². The second-order valence-electron chi connectivity index (χ2n) is 7.40. The van der Waals surface area contributed by atoms with E-state index in [0.29, 0.717) is 29.1 Å². The summed E-state index contributed by atoms with van der Waals surface area (Å²) in [6, 6.07) is 11.7. The lowest BCUT2D eigenvalue weighted by Crippen LogP contribution is -2.12. The molecule has 0 fully saturated rings. The van der Waals surface area contributed by atoms with Gasteiger partial charge in [-0.15, -0.1) is 0 Å². The predicted octanol–water partition coefficient (Wildman–Crippen LogP) is 3.43. The second kappa shape index (κ2) is 7.77. The lowest BCUT2D eigenvalue weighted by atomic mass is 9.98. The van der Waals surface area contributed by atoms with Crippen molar-refractivity contribution in [2.75, 3.05) is 5.73 Å². The van der Waals surface area contributed by atoms with Crippen molar-refractivity contribution in [1.29, 1.82) is 0 Å². The third kappa shape index (κ3) is 3.43. The topological polar surface area (TPSA) is 108 Å². The number of nitrogens with one attached hydrogen (secondary N) is 1. The van der Waals surface area contributed by atoms with Gasteiger partial charge in [-0.3, -0.25) is 4.79 Å². The van der Waals surface area contributed by atoms with Crippen LogP contribution in [-0.2, 0) is 6.54 Å². The largest absolute Gasteiger partial charge is 0.482 e. The first-order valence-corrected chi connectivity index (χ1v) is 10.00. The fourth-order valence-electron chi connectivity index (χ4n) is 3.85. The molecule has 160 valence electrons. The van der Waals surface area contributed by atoms with Gasteiger partial charge in [0.1, 0.15) is 11.9 Å². The van der Waals surface area contributed by atoms with Crippen LogP contribution in [0.2, 0.25) is 0 Å². The minimum atomic E-state index is -0.573. The number of aromatic nitrogens is 4. The molecule has 0 spiro atoms. The Balaban J connectivity index is 1.51. The average molecular weight is 430 g/mol. The Hall–Kier alpha value is -4.27. The molecule has 1 amide bonds. The highest BCUT2D eigenvalue weighted by atomic mass is 19.1. The number of hydrogen-bond donors (Lipinski definition) is 2. The Bertz CT molecular complexity index is 1320. The molecule has 3 N–H and O–H groups in total. The van der Waals surface area contributed by atoms with E-state index < -0.39 is 11.9 Å². The number of nitrogens with two attached hydrogens (primary N) is 1. The van der Waals surface area contributed by atoms with Crippen molar-refractivity contribution in [3.8, 4) is 22.6 Å². The summed E-state index contributed by atoms with van der Waals surface area (Å²) in [5, 5.41) is 11.1. The van der Waals surface area contributed by atoms with Gasteiger partial charge in [-0.1, -0.05) is 12.1 Å². The standard InChI is InChI=1S/C23H19FN6O2/c1-13(18-10-15(24)5-6-20(18)30-28-7-8-29-30)32-21-9-14(11-26-22(21)25)16-3-2-4-17-19(16)12-27-23(17)31/h2-11,13H,12H2,1H3,(H2,25,26)(H,27,31). The second-order valence-corrected chi connectivity index (χ2v) is 7.40. The van der Waals surface area contributed by atoms with Crippen LogP contribution >= 0.6 is 0 Å². The van der Waals surface area contributed by atoms with E-state index in [-0.39, 0.29) is 11.7 Å². The van der Waals surface area contributed by atoms with E-state index in [1.165, 1.54) is 16.9 Å². The predicted molar refractivity (Wildman–Crippen MR) is 116 cm³/mol. The first-order chi connectivity index (χ1) is 15.5. The number of pyridine rings is 1. The summed E-state index contributed by atoms with van der Waals surface area (Å²) in [7, 11) is 0. The van der Waals surface area contributed by atoms with Crippen molar-refractivity contribution in [2.24, 2.45) is 0 Å². The maximum atomic E-state index is 14.0. The number of nitrogen functional groups attached to an aromatic ring is 1. The molecule has 2 aromatic carbocycles. The van der Waals surface area contributed by atoms with Gasteiger partial charge in [0, 0.05) is 29.4 Å². The number of ether oxygens (including phenoxy) is 1. The fourth-order valence-corrected chi connectivity index (χ4v) is 3.85. The van der Waals surface area contributed by atoms with Crippen LogP contribution in [0.1, 0.15) is 34.5 Å². The monoisotopic (exact) mass is 430 g/mol. The quantitative estimate of drug-likeness (QED) is 0.502. The summed E-state index contributed by atoms with van der Waals surface area (Å²) in [5.41, 5.74) is 10.4. The van der Waals surface area contributed by atoms with Gasteiger partial charge in [-0.2, -0.15) is 15.0 Å². The van der Waals surface area contributed by atoms with E-state index >= 15 is 0 Å². The molecule has 5 rings (SSSR count). The van der Waals surface area contributed by atoms with Gasteiger partial charge in [-0.05, 0) is 48.4 Å². The molecule has 32 heavy (non-hydrogen) atoms. The molecule has 8 nitrogen and oxygen atoms in total.